The topological polar surface area (TPSA) is 81.3 Å². The van der Waals surface area contributed by atoms with Crippen LogP contribution in [0.5, 0.6) is 0 Å². The minimum Gasteiger partial charge on any atom is -0.480 e. The van der Waals surface area contributed by atoms with E-state index in [9.17, 15) is 9.90 Å². The minimum atomic E-state index is -1.03. The van der Waals surface area contributed by atoms with Gasteiger partial charge in [0.25, 0.3) is 0 Å². The van der Waals surface area contributed by atoms with Crippen LogP contribution in [0.15, 0.2) is 0 Å². The van der Waals surface area contributed by atoms with Crippen LogP contribution < -0.4 is 0 Å². The third kappa shape index (κ3) is 3.00. The molecule has 0 radical (unpaired) electrons. The second-order valence-corrected chi connectivity index (χ2v) is 3.93. The summed E-state index contributed by atoms with van der Waals surface area (Å²) < 4.78 is 0. The largest absolute Gasteiger partial charge is 0.480 e. The molecule has 0 bridgehead atoms. The first kappa shape index (κ1) is 11.0. The Bertz CT molecular complexity index is 238. The van der Waals surface area contributed by atoms with E-state index in [2.05, 4.69) is 0 Å². The number of rotatable bonds is 3. The first-order valence-electron chi connectivity index (χ1n) is 4.94. The van der Waals surface area contributed by atoms with E-state index in [0.29, 0.717) is 12.3 Å². The molecule has 1 fully saturated rings. The van der Waals surface area contributed by atoms with Crippen LogP contribution in [0.1, 0.15) is 32.1 Å². The molecular weight excluding hydrogens is 182 g/mol. The van der Waals surface area contributed by atoms with E-state index in [-0.39, 0.29) is 6.10 Å². The number of nitriles is 1. The highest BCUT2D eigenvalue weighted by Crippen LogP contribution is 2.29. The molecule has 1 aliphatic carbocycles. The fourth-order valence-corrected chi connectivity index (χ4v) is 1.92. The van der Waals surface area contributed by atoms with Crippen molar-refractivity contribution in [1.82, 2.24) is 0 Å². The fraction of sp³-hybridized carbons (Fsp3) is 0.800. The lowest BCUT2D eigenvalue weighted by Gasteiger charge is -2.25. The summed E-state index contributed by atoms with van der Waals surface area (Å²) in [6.07, 6.45) is 3.36. The summed E-state index contributed by atoms with van der Waals surface area (Å²) in [6.45, 7) is 0. The van der Waals surface area contributed by atoms with Gasteiger partial charge in [-0.05, 0) is 38.0 Å². The minimum absolute atomic E-state index is 0.225. The van der Waals surface area contributed by atoms with Gasteiger partial charge in [0.1, 0.15) is 5.92 Å². The molecule has 0 aromatic rings. The molecule has 1 saturated carbocycles. The average molecular weight is 197 g/mol. The van der Waals surface area contributed by atoms with Crippen molar-refractivity contribution in [1.29, 1.82) is 5.26 Å². The highest BCUT2D eigenvalue weighted by Gasteiger charge is 2.25. The van der Waals surface area contributed by atoms with Gasteiger partial charge in [0, 0.05) is 0 Å². The third-order valence-corrected chi connectivity index (χ3v) is 2.84. The Morgan fingerprint density at radius 2 is 2.00 bits per heavy atom. The van der Waals surface area contributed by atoms with E-state index in [1.54, 1.807) is 6.07 Å². The first-order valence-corrected chi connectivity index (χ1v) is 4.94. The van der Waals surface area contributed by atoms with Crippen LogP contribution in [0.3, 0.4) is 0 Å². The first-order chi connectivity index (χ1) is 6.63. The SMILES string of the molecule is N#CC(CC1CCC(O)CC1)C(=O)O. The number of aliphatic hydroxyl groups is 1. The molecule has 78 valence electrons. The van der Waals surface area contributed by atoms with Crippen molar-refractivity contribution in [3.8, 4) is 6.07 Å². The van der Waals surface area contributed by atoms with Gasteiger partial charge in [0.15, 0.2) is 0 Å². The monoisotopic (exact) mass is 197 g/mol. The molecule has 1 aliphatic rings. The number of carboxylic acid groups (broad SMARTS) is 1. The molecule has 0 aliphatic heterocycles. The highest BCUT2D eigenvalue weighted by atomic mass is 16.4. The maximum atomic E-state index is 10.6. The summed E-state index contributed by atoms with van der Waals surface area (Å²) in [7, 11) is 0. The van der Waals surface area contributed by atoms with Crippen molar-refractivity contribution >= 4 is 5.97 Å². The standard InChI is InChI=1S/C10H15NO3/c11-6-8(10(13)14)5-7-1-3-9(12)4-2-7/h7-9,12H,1-5H2,(H,13,14). The highest BCUT2D eigenvalue weighted by molar-refractivity contribution is 5.72. The Morgan fingerprint density at radius 3 is 2.43 bits per heavy atom. The molecule has 1 atom stereocenters. The molecule has 0 saturated heterocycles. The van der Waals surface area contributed by atoms with Crippen LogP contribution in [0.25, 0.3) is 0 Å². The van der Waals surface area contributed by atoms with E-state index in [1.807, 2.05) is 0 Å². The molecule has 4 heteroatoms. The molecule has 1 unspecified atom stereocenters. The van der Waals surface area contributed by atoms with Crippen molar-refractivity contribution in [2.75, 3.05) is 0 Å². The van der Waals surface area contributed by atoms with Crippen LogP contribution in [0, 0.1) is 23.2 Å². The second-order valence-electron chi connectivity index (χ2n) is 3.93. The zero-order valence-electron chi connectivity index (χ0n) is 8.02. The predicted molar refractivity (Wildman–Crippen MR) is 49.3 cm³/mol. The van der Waals surface area contributed by atoms with E-state index >= 15 is 0 Å². The van der Waals surface area contributed by atoms with Gasteiger partial charge < -0.3 is 10.2 Å². The van der Waals surface area contributed by atoms with Crippen molar-refractivity contribution in [3.05, 3.63) is 0 Å². The lowest BCUT2D eigenvalue weighted by atomic mass is 9.82. The number of aliphatic carboxylic acids is 1. The predicted octanol–water partition coefficient (Wildman–Crippen LogP) is 1.15. The summed E-state index contributed by atoms with van der Waals surface area (Å²) in [5.74, 6) is -1.62. The number of hydrogen-bond donors (Lipinski definition) is 2. The summed E-state index contributed by atoms with van der Waals surface area (Å²) in [5, 5.41) is 26.5. The molecule has 2 N–H and O–H groups in total. The van der Waals surface area contributed by atoms with Gasteiger partial charge in [-0.15, -0.1) is 0 Å². The van der Waals surface area contributed by atoms with Gasteiger partial charge in [-0.2, -0.15) is 5.26 Å². The van der Waals surface area contributed by atoms with Crippen LogP contribution in [-0.4, -0.2) is 22.3 Å². The van der Waals surface area contributed by atoms with E-state index < -0.39 is 11.9 Å². The number of aliphatic hydroxyl groups excluding tert-OH is 1. The quantitative estimate of drug-likeness (QED) is 0.711. The number of nitrogens with zero attached hydrogens (tertiary/aromatic N) is 1. The molecule has 4 nitrogen and oxygen atoms in total. The molecule has 0 amide bonds. The van der Waals surface area contributed by atoms with E-state index in [4.69, 9.17) is 10.4 Å². The fourth-order valence-electron chi connectivity index (χ4n) is 1.92. The zero-order chi connectivity index (χ0) is 10.6. The third-order valence-electron chi connectivity index (χ3n) is 2.84. The Kier molecular flexibility index (Phi) is 3.90. The molecule has 0 aromatic carbocycles. The molecular formula is C10H15NO3. The van der Waals surface area contributed by atoms with Gasteiger partial charge in [-0.3, -0.25) is 4.79 Å². The van der Waals surface area contributed by atoms with E-state index in [0.717, 1.165) is 25.7 Å². The Morgan fingerprint density at radius 1 is 1.43 bits per heavy atom. The maximum absolute atomic E-state index is 10.6. The van der Waals surface area contributed by atoms with E-state index in [1.165, 1.54) is 0 Å². The van der Waals surface area contributed by atoms with Crippen LogP contribution >= 0.6 is 0 Å². The van der Waals surface area contributed by atoms with Gasteiger partial charge >= 0.3 is 5.97 Å². The van der Waals surface area contributed by atoms with Crippen molar-refractivity contribution in [3.63, 3.8) is 0 Å². The van der Waals surface area contributed by atoms with Gasteiger partial charge in [0.05, 0.1) is 12.2 Å². The molecule has 0 spiro atoms. The van der Waals surface area contributed by atoms with Crippen LogP contribution in [-0.2, 0) is 4.79 Å². The number of carboxylic acids is 1. The van der Waals surface area contributed by atoms with Crippen molar-refractivity contribution < 1.29 is 15.0 Å². The second kappa shape index (κ2) is 4.97. The maximum Gasteiger partial charge on any atom is 0.320 e. The Balaban J connectivity index is 2.37. The van der Waals surface area contributed by atoms with Crippen molar-refractivity contribution in [2.24, 2.45) is 11.8 Å². The Hall–Kier alpha value is -1.08. The lowest BCUT2D eigenvalue weighted by Crippen LogP contribution is -2.22. The lowest BCUT2D eigenvalue weighted by molar-refractivity contribution is -0.140. The van der Waals surface area contributed by atoms with Gasteiger partial charge in [-0.1, -0.05) is 0 Å². The van der Waals surface area contributed by atoms with Crippen LogP contribution in [0.2, 0.25) is 0 Å². The normalized spacial score (nSPS) is 29.1. The smallest absolute Gasteiger partial charge is 0.320 e. The summed E-state index contributed by atoms with van der Waals surface area (Å²) in [6, 6.07) is 1.80. The van der Waals surface area contributed by atoms with Gasteiger partial charge in [-0.25, -0.2) is 0 Å². The van der Waals surface area contributed by atoms with Crippen molar-refractivity contribution in [2.45, 2.75) is 38.2 Å². The van der Waals surface area contributed by atoms with Gasteiger partial charge in [0.2, 0.25) is 0 Å². The molecule has 0 heterocycles. The number of carbonyl (C=O) groups is 1. The Labute approximate surface area is 83.2 Å². The number of hydrogen-bond acceptors (Lipinski definition) is 3. The zero-order valence-corrected chi connectivity index (χ0v) is 8.02. The average Bonchev–Trinajstić information content (AvgIpc) is 2.16. The summed E-state index contributed by atoms with van der Waals surface area (Å²) in [5.41, 5.74) is 0. The molecule has 0 aromatic heterocycles. The summed E-state index contributed by atoms with van der Waals surface area (Å²) >= 11 is 0. The molecule has 14 heavy (non-hydrogen) atoms. The molecule has 1 rings (SSSR count). The summed E-state index contributed by atoms with van der Waals surface area (Å²) in [4.78, 5) is 10.6. The van der Waals surface area contributed by atoms with Crippen LogP contribution in [0.4, 0.5) is 0 Å².